The molecule has 0 saturated heterocycles. The first-order valence-electron chi connectivity index (χ1n) is 4.53. The highest BCUT2D eigenvalue weighted by atomic mass is 35.5. The van der Waals surface area contributed by atoms with Gasteiger partial charge in [0.25, 0.3) is 0 Å². The van der Waals surface area contributed by atoms with Crippen LogP contribution in [0.5, 0.6) is 0 Å². The molecule has 1 aromatic carbocycles. The molecule has 0 atom stereocenters. The molecule has 76 valence electrons. The molecule has 0 unspecified atom stereocenters. The summed E-state index contributed by atoms with van der Waals surface area (Å²) >= 11 is 7.70. The summed E-state index contributed by atoms with van der Waals surface area (Å²) in [6.45, 7) is 1.56. The van der Waals surface area contributed by atoms with Crippen molar-refractivity contribution in [2.24, 2.45) is 0 Å². The van der Waals surface area contributed by atoms with Crippen molar-refractivity contribution in [2.45, 2.75) is 6.92 Å². The molecule has 1 nitrogen and oxygen atoms in total. The number of hydrogen-bond acceptors (Lipinski definition) is 2. The van der Waals surface area contributed by atoms with Crippen molar-refractivity contribution in [3.8, 4) is 10.4 Å². The number of carbonyl (C=O) groups is 1. The van der Waals surface area contributed by atoms with E-state index in [0.29, 0.717) is 10.6 Å². The minimum atomic E-state index is 0.0597. The topological polar surface area (TPSA) is 17.1 Å². The second-order valence-electron chi connectivity index (χ2n) is 3.23. The van der Waals surface area contributed by atoms with E-state index >= 15 is 0 Å². The summed E-state index contributed by atoms with van der Waals surface area (Å²) in [5.74, 6) is 0.0597. The molecule has 1 aromatic heterocycles. The number of halogens is 1. The van der Waals surface area contributed by atoms with Crippen LogP contribution in [0.1, 0.15) is 17.3 Å². The lowest BCUT2D eigenvalue weighted by atomic mass is 10.1. The van der Waals surface area contributed by atoms with Crippen LogP contribution in [-0.2, 0) is 0 Å². The molecule has 15 heavy (non-hydrogen) atoms. The lowest BCUT2D eigenvalue weighted by molar-refractivity contribution is 0.101. The Bertz CT molecular complexity index is 488. The predicted octanol–water partition coefficient (Wildman–Crippen LogP) is 4.27. The molecule has 0 N–H and O–H groups in total. The summed E-state index contributed by atoms with van der Waals surface area (Å²) in [6, 6.07) is 9.33. The molecule has 0 radical (unpaired) electrons. The second-order valence-corrected chi connectivity index (χ2v) is 4.58. The third kappa shape index (κ3) is 2.11. The van der Waals surface area contributed by atoms with Crippen LogP contribution in [0.15, 0.2) is 35.7 Å². The zero-order valence-corrected chi connectivity index (χ0v) is 9.73. The van der Waals surface area contributed by atoms with Gasteiger partial charge in [0, 0.05) is 21.0 Å². The summed E-state index contributed by atoms with van der Waals surface area (Å²) < 4.78 is 0. The Balaban J connectivity index is 2.55. The van der Waals surface area contributed by atoms with Crippen LogP contribution >= 0.6 is 22.9 Å². The maximum atomic E-state index is 11.2. The van der Waals surface area contributed by atoms with E-state index in [1.807, 2.05) is 23.6 Å². The SMILES string of the molecule is CC(=O)c1ccc(Cl)c(-c2cccs2)c1. The summed E-state index contributed by atoms with van der Waals surface area (Å²) in [4.78, 5) is 12.3. The molecule has 0 fully saturated rings. The summed E-state index contributed by atoms with van der Waals surface area (Å²) in [5.41, 5.74) is 1.63. The third-order valence-electron chi connectivity index (χ3n) is 2.16. The molecule has 0 aliphatic rings. The van der Waals surface area contributed by atoms with Gasteiger partial charge in [-0.05, 0) is 36.6 Å². The van der Waals surface area contributed by atoms with Crippen molar-refractivity contribution in [3.05, 3.63) is 46.3 Å². The second kappa shape index (κ2) is 4.17. The lowest BCUT2D eigenvalue weighted by Crippen LogP contribution is -1.91. The van der Waals surface area contributed by atoms with Crippen molar-refractivity contribution < 1.29 is 4.79 Å². The molecule has 1 heterocycles. The minimum absolute atomic E-state index is 0.0597. The van der Waals surface area contributed by atoms with E-state index in [4.69, 9.17) is 11.6 Å². The van der Waals surface area contributed by atoms with Gasteiger partial charge in [-0.15, -0.1) is 11.3 Å². The first-order valence-corrected chi connectivity index (χ1v) is 5.78. The number of rotatable bonds is 2. The van der Waals surface area contributed by atoms with Crippen LogP contribution in [0.2, 0.25) is 5.02 Å². The largest absolute Gasteiger partial charge is 0.295 e. The molecule has 2 aromatic rings. The molecule has 3 heteroatoms. The average molecular weight is 237 g/mol. The highest BCUT2D eigenvalue weighted by molar-refractivity contribution is 7.13. The molecule has 0 aliphatic heterocycles. The monoisotopic (exact) mass is 236 g/mol. The Labute approximate surface area is 97.3 Å². The fraction of sp³-hybridized carbons (Fsp3) is 0.0833. The van der Waals surface area contributed by atoms with E-state index in [2.05, 4.69) is 0 Å². The van der Waals surface area contributed by atoms with E-state index in [-0.39, 0.29) is 5.78 Å². The first kappa shape index (κ1) is 10.4. The zero-order valence-electron chi connectivity index (χ0n) is 8.16. The van der Waals surface area contributed by atoms with Gasteiger partial charge in [-0.25, -0.2) is 0 Å². The maximum Gasteiger partial charge on any atom is 0.159 e. The lowest BCUT2D eigenvalue weighted by Gasteiger charge is -2.03. The van der Waals surface area contributed by atoms with Gasteiger partial charge in [-0.1, -0.05) is 17.7 Å². The van der Waals surface area contributed by atoms with Crippen LogP contribution in [0.25, 0.3) is 10.4 Å². The Morgan fingerprint density at radius 3 is 2.73 bits per heavy atom. The summed E-state index contributed by atoms with van der Waals surface area (Å²) in [7, 11) is 0. The normalized spacial score (nSPS) is 10.3. The highest BCUT2D eigenvalue weighted by Crippen LogP contribution is 2.32. The van der Waals surface area contributed by atoms with Crippen molar-refractivity contribution in [1.82, 2.24) is 0 Å². The van der Waals surface area contributed by atoms with Crippen molar-refractivity contribution in [3.63, 3.8) is 0 Å². The molecule has 0 amide bonds. The smallest absolute Gasteiger partial charge is 0.159 e. The Kier molecular flexibility index (Phi) is 2.89. The molecule has 2 rings (SSSR count). The molecule has 0 bridgehead atoms. The first-order chi connectivity index (χ1) is 7.18. The zero-order chi connectivity index (χ0) is 10.8. The van der Waals surface area contributed by atoms with Gasteiger partial charge in [0.15, 0.2) is 5.78 Å². The quantitative estimate of drug-likeness (QED) is 0.712. The fourth-order valence-electron chi connectivity index (χ4n) is 1.36. The number of carbonyl (C=O) groups excluding carboxylic acids is 1. The standard InChI is InChI=1S/C12H9ClOS/c1-8(14)9-4-5-11(13)10(7-9)12-3-2-6-15-12/h2-7H,1H3. The van der Waals surface area contributed by atoms with Gasteiger partial charge in [-0.3, -0.25) is 4.79 Å². The van der Waals surface area contributed by atoms with E-state index in [9.17, 15) is 4.79 Å². The highest BCUT2D eigenvalue weighted by Gasteiger charge is 2.07. The van der Waals surface area contributed by atoms with Gasteiger partial charge in [-0.2, -0.15) is 0 Å². The Morgan fingerprint density at radius 1 is 1.33 bits per heavy atom. The van der Waals surface area contributed by atoms with Gasteiger partial charge in [0.05, 0.1) is 0 Å². The Morgan fingerprint density at radius 2 is 2.13 bits per heavy atom. The van der Waals surface area contributed by atoms with E-state index in [1.165, 1.54) is 0 Å². The van der Waals surface area contributed by atoms with E-state index in [0.717, 1.165) is 10.4 Å². The van der Waals surface area contributed by atoms with Crippen LogP contribution < -0.4 is 0 Å². The predicted molar refractivity (Wildman–Crippen MR) is 64.8 cm³/mol. The van der Waals surface area contributed by atoms with Gasteiger partial charge in [0.1, 0.15) is 0 Å². The van der Waals surface area contributed by atoms with Gasteiger partial charge >= 0.3 is 0 Å². The number of ketones is 1. The third-order valence-corrected chi connectivity index (χ3v) is 3.39. The van der Waals surface area contributed by atoms with E-state index in [1.54, 1.807) is 30.4 Å². The number of benzene rings is 1. The molecule has 0 aliphatic carbocycles. The van der Waals surface area contributed by atoms with Crippen LogP contribution in [0, 0.1) is 0 Å². The van der Waals surface area contributed by atoms with Crippen molar-refractivity contribution >= 4 is 28.7 Å². The summed E-state index contributed by atoms with van der Waals surface area (Å²) in [5, 5.41) is 2.67. The van der Waals surface area contributed by atoms with Crippen LogP contribution in [0.4, 0.5) is 0 Å². The molecule has 0 spiro atoms. The van der Waals surface area contributed by atoms with Crippen LogP contribution in [0.3, 0.4) is 0 Å². The van der Waals surface area contributed by atoms with Gasteiger partial charge < -0.3 is 0 Å². The van der Waals surface area contributed by atoms with Crippen LogP contribution in [-0.4, -0.2) is 5.78 Å². The fourth-order valence-corrected chi connectivity index (χ4v) is 2.40. The minimum Gasteiger partial charge on any atom is -0.295 e. The van der Waals surface area contributed by atoms with Crippen molar-refractivity contribution in [1.29, 1.82) is 0 Å². The molecular formula is C12H9ClOS. The van der Waals surface area contributed by atoms with E-state index < -0.39 is 0 Å². The average Bonchev–Trinajstić information content (AvgIpc) is 2.71. The summed E-state index contributed by atoms with van der Waals surface area (Å²) in [6.07, 6.45) is 0. The van der Waals surface area contributed by atoms with Gasteiger partial charge in [0.2, 0.25) is 0 Å². The van der Waals surface area contributed by atoms with Crippen molar-refractivity contribution in [2.75, 3.05) is 0 Å². The number of thiophene rings is 1. The molecule has 0 saturated carbocycles. The number of Topliss-reactive ketones (excluding diaryl/α,β-unsaturated/α-hetero) is 1. The number of hydrogen-bond donors (Lipinski definition) is 0. The Hall–Kier alpha value is -1.12. The molecular weight excluding hydrogens is 228 g/mol. The maximum absolute atomic E-state index is 11.2.